The molecule has 0 saturated carbocycles. The number of aromatic nitrogens is 1. The van der Waals surface area contributed by atoms with E-state index in [1.807, 2.05) is 78.7 Å². The third-order valence-corrected chi connectivity index (χ3v) is 7.32. The van der Waals surface area contributed by atoms with Gasteiger partial charge in [0.2, 0.25) is 5.91 Å². The fourth-order valence-electron chi connectivity index (χ4n) is 4.92. The monoisotopic (exact) mass is 539 g/mol. The highest BCUT2D eigenvalue weighted by atomic mass is 16.5. The summed E-state index contributed by atoms with van der Waals surface area (Å²) in [6.07, 6.45) is 3.50. The summed E-state index contributed by atoms with van der Waals surface area (Å²) in [5, 5.41) is 1.17. The number of amides is 2. The molecule has 0 fully saturated rings. The minimum atomic E-state index is -0.114. The quantitative estimate of drug-likeness (QED) is 0.234. The van der Waals surface area contributed by atoms with Gasteiger partial charge in [-0.25, -0.2) is 0 Å². The number of aromatic amines is 1. The lowest BCUT2D eigenvalue weighted by Crippen LogP contribution is -2.43. The smallest absolute Gasteiger partial charge is 0.254 e. The summed E-state index contributed by atoms with van der Waals surface area (Å²) >= 11 is 0. The Balaban J connectivity index is 1.53. The molecule has 0 spiro atoms. The number of H-pyrrole nitrogens is 1. The van der Waals surface area contributed by atoms with Crippen molar-refractivity contribution in [3.63, 3.8) is 0 Å². The van der Waals surface area contributed by atoms with Crippen molar-refractivity contribution in [1.82, 2.24) is 14.8 Å². The second-order valence-electron chi connectivity index (χ2n) is 11.3. The molecule has 0 saturated heterocycles. The predicted molar refractivity (Wildman–Crippen MR) is 162 cm³/mol. The van der Waals surface area contributed by atoms with Gasteiger partial charge in [-0.2, -0.15) is 0 Å². The highest BCUT2D eigenvalue weighted by Gasteiger charge is 2.23. The molecular weight excluding hydrogens is 498 g/mol. The molecule has 0 atom stereocenters. The summed E-state index contributed by atoms with van der Waals surface area (Å²) in [6, 6.07) is 23.8. The Morgan fingerprint density at radius 3 is 2.23 bits per heavy atom. The number of nitrogens with one attached hydrogen (secondary N) is 1. The highest BCUT2D eigenvalue weighted by Crippen LogP contribution is 2.23. The Bertz CT molecular complexity index is 1420. The summed E-state index contributed by atoms with van der Waals surface area (Å²) < 4.78 is 5.30. The lowest BCUT2D eigenvalue weighted by Gasteiger charge is -2.28. The predicted octanol–water partition coefficient (Wildman–Crippen LogP) is 6.60. The molecule has 1 N–H and O–H groups in total. The van der Waals surface area contributed by atoms with Gasteiger partial charge in [-0.1, -0.05) is 70.2 Å². The van der Waals surface area contributed by atoms with Gasteiger partial charge in [0, 0.05) is 42.3 Å². The van der Waals surface area contributed by atoms with Crippen molar-refractivity contribution < 1.29 is 14.3 Å². The summed E-state index contributed by atoms with van der Waals surface area (Å²) in [6.45, 7) is 10.0. The van der Waals surface area contributed by atoms with Crippen molar-refractivity contribution >= 4 is 22.7 Å². The number of methoxy groups -OCH3 is 1. The average Bonchev–Trinajstić information content (AvgIpc) is 3.37. The van der Waals surface area contributed by atoms with Crippen LogP contribution in [0, 0.1) is 0 Å². The van der Waals surface area contributed by atoms with Crippen LogP contribution >= 0.6 is 0 Å². The minimum Gasteiger partial charge on any atom is -0.497 e. The van der Waals surface area contributed by atoms with Crippen LogP contribution in [-0.2, 0) is 23.2 Å². The van der Waals surface area contributed by atoms with E-state index in [4.69, 9.17) is 4.74 Å². The highest BCUT2D eigenvalue weighted by molar-refractivity contribution is 5.96. The second-order valence-corrected chi connectivity index (χ2v) is 11.3. The molecule has 0 aliphatic heterocycles. The molecule has 0 bridgehead atoms. The van der Waals surface area contributed by atoms with Crippen LogP contribution in [-0.4, -0.2) is 53.3 Å². The topological polar surface area (TPSA) is 65.6 Å². The van der Waals surface area contributed by atoms with Crippen LogP contribution in [0.15, 0.2) is 79.0 Å². The van der Waals surface area contributed by atoms with E-state index in [0.29, 0.717) is 31.6 Å². The molecule has 4 rings (SSSR count). The number of hydrogen-bond donors (Lipinski definition) is 1. The van der Waals surface area contributed by atoms with Crippen molar-refractivity contribution in [3.8, 4) is 5.75 Å². The summed E-state index contributed by atoms with van der Waals surface area (Å²) in [5.41, 5.74) is 5.05. The second kappa shape index (κ2) is 12.9. The summed E-state index contributed by atoms with van der Waals surface area (Å²) in [5.74, 6) is 0.595. The van der Waals surface area contributed by atoms with Gasteiger partial charge in [0.15, 0.2) is 0 Å². The van der Waals surface area contributed by atoms with Gasteiger partial charge < -0.3 is 19.5 Å². The van der Waals surface area contributed by atoms with Gasteiger partial charge >= 0.3 is 0 Å². The zero-order valence-electron chi connectivity index (χ0n) is 24.4. The van der Waals surface area contributed by atoms with Gasteiger partial charge in [-0.05, 0) is 65.3 Å². The van der Waals surface area contributed by atoms with Crippen molar-refractivity contribution in [1.29, 1.82) is 0 Å². The molecule has 6 heteroatoms. The molecule has 4 aromatic rings. The molecule has 2 amide bonds. The number of fused-ring (bicyclic) bond motifs is 1. The lowest BCUT2D eigenvalue weighted by atomic mass is 9.86. The fraction of sp³-hybridized carbons (Fsp3) is 0.353. The summed E-state index contributed by atoms with van der Waals surface area (Å²) in [4.78, 5) is 34.2. The van der Waals surface area contributed by atoms with Gasteiger partial charge in [0.05, 0.1) is 7.11 Å². The van der Waals surface area contributed by atoms with Crippen LogP contribution in [0.2, 0.25) is 0 Å². The van der Waals surface area contributed by atoms with Gasteiger partial charge in [0.25, 0.3) is 5.91 Å². The van der Waals surface area contributed by atoms with E-state index in [2.05, 4.69) is 37.9 Å². The number of nitrogens with zero attached hydrogens (tertiary/aromatic N) is 2. The van der Waals surface area contributed by atoms with Gasteiger partial charge in [-0.3, -0.25) is 9.59 Å². The molecule has 210 valence electrons. The maximum atomic E-state index is 13.8. The number of benzene rings is 3. The van der Waals surface area contributed by atoms with Gasteiger partial charge in [0.1, 0.15) is 12.3 Å². The third kappa shape index (κ3) is 7.12. The standard InChI is InChI=1S/C34H41N3O3/c1-6-20-37(33(39)26-13-15-28(16-14-26)34(2,3)4)24-32(38)36(23-25-11-17-29(40-5)18-12-25)21-19-27-22-35-31-10-8-7-9-30(27)31/h7-18,22,35H,6,19-21,23-24H2,1-5H3. The van der Waals surface area contributed by atoms with Crippen LogP contribution in [0.4, 0.5) is 0 Å². The van der Waals surface area contributed by atoms with Crippen LogP contribution in [0.25, 0.3) is 10.9 Å². The van der Waals surface area contributed by atoms with Crippen LogP contribution in [0.3, 0.4) is 0 Å². The van der Waals surface area contributed by atoms with Crippen molar-refractivity contribution in [3.05, 3.63) is 101 Å². The average molecular weight is 540 g/mol. The Hall–Kier alpha value is -4.06. The molecule has 1 heterocycles. The van der Waals surface area contributed by atoms with Crippen molar-refractivity contribution in [2.24, 2.45) is 0 Å². The normalized spacial score (nSPS) is 11.4. The lowest BCUT2D eigenvalue weighted by molar-refractivity contribution is -0.132. The molecule has 40 heavy (non-hydrogen) atoms. The van der Waals surface area contributed by atoms with E-state index in [0.717, 1.165) is 23.3 Å². The maximum absolute atomic E-state index is 13.8. The van der Waals surface area contributed by atoms with E-state index in [9.17, 15) is 9.59 Å². The summed E-state index contributed by atoms with van der Waals surface area (Å²) in [7, 11) is 1.64. The minimum absolute atomic E-state index is 0.00734. The Kier molecular flexibility index (Phi) is 9.30. The first-order valence-corrected chi connectivity index (χ1v) is 14.0. The number of carbonyl (C=O) groups excluding carboxylic acids is 2. The molecule has 0 aliphatic rings. The largest absolute Gasteiger partial charge is 0.497 e. The first-order valence-electron chi connectivity index (χ1n) is 14.0. The van der Waals surface area contributed by atoms with Crippen LogP contribution < -0.4 is 4.74 Å². The number of para-hydroxylation sites is 1. The molecule has 6 nitrogen and oxygen atoms in total. The van der Waals surface area contributed by atoms with E-state index in [-0.39, 0.29) is 23.8 Å². The molecule has 0 aliphatic carbocycles. The molecule has 1 aromatic heterocycles. The van der Waals surface area contributed by atoms with Gasteiger partial charge in [-0.15, -0.1) is 0 Å². The first-order chi connectivity index (χ1) is 19.2. The zero-order chi connectivity index (χ0) is 28.7. The Morgan fingerprint density at radius 1 is 0.875 bits per heavy atom. The van der Waals surface area contributed by atoms with E-state index in [1.165, 1.54) is 16.5 Å². The Labute approximate surface area is 238 Å². The molecule has 0 radical (unpaired) electrons. The maximum Gasteiger partial charge on any atom is 0.254 e. The number of rotatable bonds is 11. The zero-order valence-corrected chi connectivity index (χ0v) is 24.4. The fourth-order valence-corrected chi connectivity index (χ4v) is 4.92. The molecular formula is C34H41N3O3. The molecule has 3 aromatic carbocycles. The number of hydrogen-bond acceptors (Lipinski definition) is 3. The first kappa shape index (κ1) is 28.9. The van der Waals surface area contributed by atoms with Crippen molar-refractivity contribution in [2.45, 2.75) is 52.5 Å². The number of ether oxygens (including phenoxy) is 1. The van der Waals surface area contributed by atoms with Crippen LogP contribution in [0.5, 0.6) is 5.75 Å². The third-order valence-electron chi connectivity index (χ3n) is 7.32. The van der Waals surface area contributed by atoms with E-state index >= 15 is 0 Å². The van der Waals surface area contributed by atoms with Crippen LogP contribution in [0.1, 0.15) is 61.2 Å². The Morgan fingerprint density at radius 2 is 1.57 bits per heavy atom. The SMILES string of the molecule is CCCN(CC(=O)N(CCc1c[nH]c2ccccc12)Cc1ccc(OC)cc1)C(=O)c1ccc(C(C)(C)C)cc1. The van der Waals surface area contributed by atoms with Crippen molar-refractivity contribution in [2.75, 3.05) is 26.7 Å². The molecule has 0 unspecified atom stereocenters. The van der Waals surface area contributed by atoms with E-state index < -0.39 is 0 Å². The number of carbonyl (C=O) groups is 2. The van der Waals surface area contributed by atoms with E-state index in [1.54, 1.807) is 12.0 Å².